The summed E-state index contributed by atoms with van der Waals surface area (Å²) in [7, 11) is 0. The van der Waals surface area contributed by atoms with E-state index in [1.165, 1.54) is 36.9 Å². The summed E-state index contributed by atoms with van der Waals surface area (Å²) in [6, 6.07) is 56.9. The van der Waals surface area contributed by atoms with Crippen LogP contribution in [0.15, 0.2) is 168 Å². The summed E-state index contributed by atoms with van der Waals surface area (Å²) in [5, 5.41) is 4.59. The van der Waals surface area contributed by atoms with E-state index in [9.17, 15) is 0 Å². The molecule has 234 valence electrons. The molecule has 10 aromatic rings. The first kappa shape index (κ1) is 28.6. The Labute approximate surface area is 292 Å². The smallest absolute Gasteiger partial charge is 0.167 e. The third-order valence-corrected chi connectivity index (χ3v) is 10.5. The summed E-state index contributed by atoms with van der Waals surface area (Å²) < 4.78 is 8.87. The number of rotatable bonds is 5. The molecule has 0 saturated heterocycles. The number of hydrogen-bond acceptors (Lipinski definition) is 5. The Morgan fingerprint density at radius 1 is 0.360 bits per heavy atom. The molecule has 0 unspecified atom stereocenters. The van der Waals surface area contributed by atoms with Gasteiger partial charge in [-0.3, -0.25) is 0 Å². The van der Waals surface area contributed by atoms with Crippen LogP contribution in [0, 0.1) is 0 Å². The van der Waals surface area contributed by atoms with E-state index in [4.69, 9.17) is 19.4 Å². The number of furan rings is 1. The summed E-state index contributed by atoms with van der Waals surface area (Å²) >= 11 is 1.79. The van der Waals surface area contributed by atoms with Crippen LogP contribution in [0.4, 0.5) is 0 Å². The fraction of sp³-hybridized carbons (Fsp3) is 0. The highest BCUT2D eigenvalue weighted by molar-refractivity contribution is 7.25. The molecule has 0 atom stereocenters. The van der Waals surface area contributed by atoms with Gasteiger partial charge >= 0.3 is 0 Å². The van der Waals surface area contributed by atoms with Gasteiger partial charge in [0, 0.05) is 42.1 Å². The minimum absolute atomic E-state index is 0.575. The molecule has 0 bridgehead atoms. The molecule has 4 nitrogen and oxygen atoms in total. The molecule has 5 heteroatoms. The van der Waals surface area contributed by atoms with Gasteiger partial charge in [-0.1, -0.05) is 133 Å². The maximum Gasteiger partial charge on any atom is 0.167 e. The Bertz CT molecular complexity index is 2860. The third kappa shape index (κ3) is 4.87. The second kappa shape index (κ2) is 11.6. The van der Waals surface area contributed by atoms with Gasteiger partial charge in [0.15, 0.2) is 17.5 Å². The highest BCUT2D eigenvalue weighted by Crippen LogP contribution is 2.39. The van der Waals surface area contributed by atoms with Crippen LogP contribution < -0.4 is 0 Å². The second-order valence-electron chi connectivity index (χ2n) is 12.4. The van der Waals surface area contributed by atoms with Crippen LogP contribution in [0.5, 0.6) is 0 Å². The summed E-state index contributed by atoms with van der Waals surface area (Å²) in [6.07, 6.45) is 0. The molecular formula is C45H27N3OS. The highest BCUT2D eigenvalue weighted by Gasteiger charge is 2.18. The maximum atomic E-state index is 6.43. The van der Waals surface area contributed by atoms with Crippen molar-refractivity contribution in [3.8, 4) is 56.4 Å². The number of thiophene rings is 1. The first-order valence-electron chi connectivity index (χ1n) is 16.6. The number of para-hydroxylation sites is 2. The van der Waals surface area contributed by atoms with Crippen molar-refractivity contribution in [3.63, 3.8) is 0 Å². The number of aromatic nitrogens is 3. The standard InChI is InChI=1S/C45H27N3OS/c1-3-10-28(11-4-1)30-18-20-31(21-19-30)43-46-44(48-45(47-43)37-16-9-15-36-34-14-7-8-17-39(34)49-42(36)37)33-22-24-35-38-26-32(29-12-5-2-6-13-29)23-25-40(38)50-41(35)27-33/h1-27H. The largest absolute Gasteiger partial charge is 0.455 e. The molecule has 3 aromatic heterocycles. The van der Waals surface area contributed by atoms with Crippen molar-refractivity contribution >= 4 is 53.4 Å². The zero-order chi connectivity index (χ0) is 33.0. The first-order chi connectivity index (χ1) is 24.7. The van der Waals surface area contributed by atoms with Crippen LogP contribution in [0.3, 0.4) is 0 Å². The molecule has 0 N–H and O–H groups in total. The first-order valence-corrected chi connectivity index (χ1v) is 17.4. The molecule has 50 heavy (non-hydrogen) atoms. The van der Waals surface area contributed by atoms with E-state index in [1.54, 1.807) is 11.3 Å². The van der Waals surface area contributed by atoms with Gasteiger partial charge in [-0.05, 0) is 52.6 Å². The summed E-state index contributed by atoms with van der Waals surface area (Å²) in [5.41, 5.74) is 9.04. The fourth-order valence-electron chi connectivity index (χ4n) is 6.85. The van der Waals surface area contributed by atoms with Crippen molar-refractivity contribution in [3.05, 3.63) is 164 Å². The third-order valence-electron chi connectivity index (χ3n) is 9.37. The molecule has 7 aromatic carbocycles. The van der Waals surface area contributed by atoms with Gasteiger partial charge in [-0.15, -0.1) is 11.3 Å². The Morgan fingerprint density at radius 2 is 0.960 bits per heavy atom. The van der Waals surface area contributed by atoms with Crippen LogP contribution in [0.25, 0.3) is 98.5 Å². The van der Waals surface area contributed by atoms with Gasteiger partial charge in [-0.25, -0.2) is 15.0 Å². The monoisotopic (exact) mass is 657 g/mol. The number of fused-ring (bicyclic) bond motifs is 6. The Hall–Kier alpha value is -6.43. The van der Waals surface area contributed by atoms with Crippen molar-refractivity contribution in [1.82, 2.24) is 15.0 Å². The van der Waals surface area contributed by atoms with Crippen LogP contribution in [0.1, 0.15) is 0 Å². The molecule has 0 amide bonds. The molecule has 0 spiro atoms. The van der Waals surface area contributed by atoms with E-state index in [1.807, 2.05) is 36.4 Å². The number of hydrogen-bond donors (Lipinski definition) is 0. The zero-order valence-electron chi connectivity index (χ0n) is 26.7. The van der Waals surface area contributed by atoms with Crippen molar-refractivity contribution in [2.45, 2.75) is 0 Å². The molecule has 0 radical (unpaired) electrons. The van der Waals surface area contributed by atoms with E-state index in [2.05, 4.69) is 127 Å². The van der Waals surface area contributed by atoms with E-state index in [-0.39, 0.29) is 0 Å². The van der Waals surface area contributed by atoms with Gasteiger partial charge in [0.2, 0.25) is 0 Å². The molecule has 0 saturated carbocycles. The maximum absolute atomic E-state index is 6.43. The lowest BCUT2D eigenvalue weighted by Gasteiger charge is -2.10. The molecule has 10 rings (SSSR count). The Morgan fingerprint density at radius 3 is 1.76 bits per heavy atom. The van der Waals surface area contributed by atoms with Crippen molar-refractivity contribution in [2.24, 2.45) is 0 Å². The van der Waals surface area contributed by atoms with Crippen molar-refractivity contribution < 1.29 is 4.42 Å². The molecule has 0 aliphatic rings. The van der Waals surface area contributed by atoms with E-state index < -0.39 is 0 Å². The predicted octanol–water partition coefficient (Wildman–Crippen LogP) is 12.5. The van der Waals surface area contributed by atoms with Gasteiger partial charge < -0.3 is 4.42 Å². The lowest BCUT2D eigenvalue weighted by molar-refractivity contribution is 0.669. The van der Waals surface area contributed by atoms with E-state index in [0.717, 1.165) is 44.2 Å². The van der Waals surface area contributed by atoms with Crippen LogP contribution in [-0.2, 0) is 0 Å². The molecule has 0 fully saturated rings. The van der Waals surface area contributed by atoms with E-state index >= 15 is 0 Å². The average molecular weight is 658 g/mol. The Balaban J connectivity index is 1.13. The lowest BCUT2D eigenvalue weighted by atomic mass is 10.0. The SMILES string of the molecule is c1ccc(-c2ccc(-c3nc(-c4ccc5c(c4)sc4ccc(-c6ccccc6)cc45)nc(-c4cccc5c4oc4ccccc45)n3)cc2)cc1. The lowest BCUT2D eigenvalue weighted by Crippen LogP contribution is -2.00. The summed E-state index contributed by atoms with van der Waals surface area (Å²) in [4.78, 5) is 15.3. The average Bonchev–Trinajstić information content (AvgIpc) is 3.76. The second-order valence-corrected chi connectivity index (χ2v) is 13.5. The molecule has 0 aliphatic carbocycles. The highest BCUT2D eigenvalue weighted by atomic mass is 32.1. The van der Waals surface area contributed by atoms with Crippen LogP contribution >= 0.6 is 11.3 Å². The summed E-state index contributed by atoms with van der Waals surface area (Å²) in [6.45, 7) is 0. The van der Waals surface area contributed by atoms with Gasteiger partial charge in [0.1, 0.15) is 11.2 Å². The van der Waals surface area contributed by atoms with Crippen LogP contribution in [0.2, 0.25) is 0 Å². The minimum atomic E-state index is 0.575. The van der Waals surface area contributed by atoms with Crippen LogP contribution in [-0.4, -0.2) is 15.0 Å². The molecular weight excluding hydrogens is 631 g/mol. The fourth-order valence-corrected chi connectivity index (χ4v) is 7.97. The van der Waals surface area contributed by atoms with E-state index in [0.29, 0.717) is 17.5 Å². The molecule has 3 heterocycles. The van der Waals surface area contributed by atoms with Gasteiger partial charge in [-0.2, -0.15) is 0 Å². The summed E-state index contributed by atoms with van der Waals surface area (Å²) in [5.74, 6) is 1.81. The number of benzene rings is 7. The topological polar surface area (TPSA) is 51.8 Å². The predicted molar refractivity (Wildman–Crippen MR) is 207 cm³/mol. The normalized spacial score (nSPS) is 11.6. The zero-order valence-corrected chi connectivity index (χ0v) is 27.6. The van der Waals surface area contributed by atoms with Gasteiger partial charge in [0.05, 0.1) is 5.56 Å². The van der Waals surface area contributed by atoms with Gasteiger partial charge in [0.25, 0.3) is 0 Å². The molecule has 0 aliphatic heterocycles. The quantitative estimate of drug-likeness (QED) is 0.185. The Kier molecular flexibility index (Phi) is 6.64. The number of nitrogens with zero attached hydrogens (tertiary/aromatic N) is 3. The van der Waals surface area contributed by atoms with Crippen molar-refractivity contribution in [1.29, 1.82) is 0 Å². The van der Waals surface area contributed by atoms with Crippen molar-refractivity contribution in [2.75, 3.05) is 0 Å². The minimum Gasteiger partial charge on any atom is -0.455 e.